The normalized spacial score (nSPS) is 20.8. The summed E-state index contributed by atoms with van der Waals surface area (Å²) < 4.78 is 12.3. The Bertz CT molecular complexity index is 732. The van der Waals surface area contributed by atoms with E-state index in [0.717, 1.165) is 29.0 Å². The molecular formula is C20H32BrN5O3. The van der Waals surface area contributed by atoms with Crippen molar-refractivity contribution < 1.29 is 14.3 Å². The monoisotopic (exact) mass is 469 g/mol. The third-order valence-electron chi connectivity index (χ3n) is 5.29. The number of anilines is 1. The molecule has 3 heterocycles. The molecule has 1 amide bonds. The van der Waals surface area contributed by atoms with E-state index in [1.165, 1.54) is 6.42 Å². The number of hydrogen-bond acceptors (Lipinski definition) is 7. The van der Waals surface area contributed by atoms with Crippen molar-refractivity contribution in [1.82, 2.24) is 19.8 Å². The zero-order valence-electron chi connectivity index (χ0n) is 18.1. The maximum Gasteiger partial charge on any atom is 0.410 e. The number of carbonyl (C=O) groups is 1. The van der Waals surface area contributed by atoms with Crippen LogP contribution in [0.1, 0.15) is 39.3 Å². The number of halogens is 1. The smallest absolute Gasteiger partial charge is 0.410 e. The van der Waals surface area contributed by atoms with E-state index in [-0.39, 0.29) is 6.09 Å². The van der Waals surface area contributed by atoms with E-state index in [4.69, 9.17) is 9.47 Å². The van der Waals surface area contributed by atoms with Crippen molar-refractivity contribution in [3.8, 4) is 6.01 Å². The van der Waals surface area contributed by atoms with E-state index in [1.807, 2.05) is 27.7 Å². The Kier molecular flexibility index (Phi) is 6.88. The molecule has 2 saturated heterocycles. The minimum absolute atomic E-state index is 0.264. The summed E-state index contributed by atoms with van der Waals surface area (Å²) in [7, 11) is 2.13. The zero-order chi connectivity index (χ0) is 21.2. The first-order chi connectivity index (χ1) is 13.6. The number of carbonyl (C=O) groups excluding carboxylic acids is 1. The number of aryl methyl sites for hydroxylation is 1. The van der Waals surface area contributed by atoms with Crippen molar-refractivity contribution in [2.45, 2.75) is 52.2 Å². The van der Waals surface area contributed by atoms with Crippen molar-refractivity contribution in [2.24, 2.45) is 0 Å². The number of likely N-dealkylation sites (N-methyl/N-ethyl adjacent to an activating group) is 1. The highest BCUT2D eigenvalue weighted by Gasteiger charge is 2.28. The molecule has 0 N–H and O–H groups in total. The van der Waals surface area contributed by atoms with Crippen LogP contribution in [0, 0.1) is 6.92 Å². The highest BCUT2D eigenvalue weighted by Crippen LogP contribution is 2.29. The summed E-state index contributed by atoms with van der Waals surface area (Å²) in [4.78, 5) is 27.7. The fourth-order valence-electron chi connectivity index (χ4n) is 3.58. The predicted molar refractivity (Wildman–Crippen MR) is 116 cm³/mol. The summed E-state index contributed by atoms with van der Waals surface area (Å²) in [5.74, 6) is 0.816. The van der Waals surface area contributed by atoms with E-state index in [0.29, 0.717) is 44.8 Å². The predicted octanol–water partition coefficient (Wildman–Crippen LogP) is 3.08. The van der Waals surface area contributed by atoms with Gasteiger partial charge in [-0.05, 0) is 70.1 Å². The van der Waals surface area contributed by atoms with Crippen LogP contribution >= 0.6 is 15.9 Å². The molecule has 29 heavy (non-hydrogen) atoms. The Hall–Kier alpha value is -1.61. The minimum Gasteiger partial charge on any atom is -0.462 e. The van der Waals surface area contributed by atoms with E-state index in [2.05, 4.69) is 42.7 Å². The van der Waals surface area contributed by atoms with Crippen LogP contribution in [-0.2, 0) is 4.74 Å². The van der Waals surface area contributed by atoms with Crippen LogP contribution in [0.25, 0.3) is 0 Å². The lowest BCUT2D eigenvalue weighted by atomic mass is 10.2. The van der Waals surface area contributed by atoms with Crippen LogP contribution in [-0.4, -0.2) is 83.9 Å². The van der Waals surface area contributed by atoms with Crippen molar-refractivity contribution in [2.75, 3.05) is 51.3 Å². The molecule has 0 unspecified atom stereocenters. The lowest BCUT2D eigenvalue weighted by Gasteiger charge is -2.36. The third-order valence-corrected chi connectivity index (χ3v) is 6.21. The molecule has 8 nitrogen and oxygen atoms in total. The largest absolute Gasteiger partial charge is 0.462 e. The topological polar surface area (TPSA) is 71.0 Å². The highest BCUT2D eigenvalue weighted by atomic mass is 79.9. The van der Waals surface area contributed by atoms with Gasteiger partial charge in [0.1, 0.15) is 12.2 Å². The first-order valence-electron chi connectivity index (χ1n) is 10.2. The first kappa shape index (κ1) is 22.1. The summed E-state index contributed by atoms with van der Waals surface area (Å²) in [5.41, 5.74) is 0.361. The average molecular weight is 470 g/mol. The van der Waals surface area contributed by atoms with Gasteiger partial charge in [-0.1, -0.05) is 0 Å². The minimum atomic E-state index is -0.485. The van der Waals surface area contributed by atoms with Gasteiger partial charge in [0.25, 0.3) is 0 Å². The van der Waals surface area contributed by atoms with Crippen LogP contribution in [0.4, 0.5) is 10.6 Å². The number of aromatic nitrogens is 2. The number of hydrogen-bond donors (Lipinski definition) is 0. The molecule has 0 spiro atoms. The molecule has 0 aliphatic carbocycles. The summed E-state index contributed by atoms with van der Waals surface area (Å²) >= 11 is 3.62. The van der Waals surface area contributed by atoms with Gasteiger partial charge in [0.15, 0.2) is 5.82 Å². The molecule has 9 heteroatoms. The molecule has 3 rings (SSSR count). The second-order valence-electron chi connectivity index (χ2n) is 8.77. The fraction of sp³-hybridized carbons (Fsp3) is 0.750. The van der Waals surface area contributed by atoms with Gasteiger partial charge in [-0.2, -0.15) is 9.97 Å². The van der Waals surface area contributed by atoms with Gasteiger partial charge in [-0.15, -0.1) is 0 Å². The van der Waals surface area contributed by atoms with Gasteiger partial charge in [0, 0.05) is 32.2 Å². The number of likely N-dealkylation sites (tertiary alicyclic amines) is 1. The van der Waals surface area contributed by atoms with Gasteiger partial charge < -0.3 is 24.2 Å². The molecule has 1 aromatic rings. The summed E-state index contributed by atoms with van der Waals surface area (Å²) in [5, 5.41) is 0. The van der Waals surface area contributed by atoms with Crippen LogP contribution in [0.15, 0.2) is 4.47 Å². The van der Waals surface area contributed by atoms with E-state index < -0.39 is 5.60 Å². The molecule has 1 atom stereocenters. The van der Waals surface area contributed by atoms with E-state index in [9.17, 15) is 4.79 Å². The van der Waals surface area contributed by atoms with Gasteiger partial charge in [0.05, 0.1) is 10.2 Å². The van der Waals surface area contributed by atoms with Crippen LogP contribution in [0.2, 0.25) is 0 Å². The number of ether oxygens (including phenoxy) is 2. The van der Waals surface area contributed by atoms with Gasteiger partial charge >= 0.3 is 12.1 Å². The Labute approximate surface area is 181 Å². The maximum atomic E-state index is 12.3. The second-order valence-corrected chi connectivity index (χ2v) is 9.56. The molecule has 0 radical (unpaired) electrons. The molecule has 162 valence electrons. The van der Waals surface area contributed by atoms with Gasteiger partial charge in [-0.25, -0.2) is 4.79 Å². The molecule has 0 saturated carbocycles. The molecule has 0 bridgehead atoms. The van der Waals surface area contributed by atoms with Crippen molar-refractivity contribution in [3.05, 3.63) is 10.2 Å². The summed E-state index contributed by atoms with van der Waals surface area (Å²) in [6.07, 6.45) is 2.09. The molecule has 2 fully saturated rings. The summed E-state index contributed by atoms with van der Waals surface area (Å²) in [6, 6.07) is 0.832. The Morgan fingerprint density at radius 2 is 1.86 bits per heavy atom. The third kappa shape index (κ3) is 5.72. The van der Waals surface area contributed by atoms with Gasteiger partial charge in [0.2, 0.25) is 0 Å². The fourth-order valence-corrected chi connectivity index (χ4v) is 4.01. The SMILES string of the molecule is Cc1nc(OC[C@@H]2CCCN2C)nc(N2CCN(C(=O)OC(C)(C)C)CC2)c1Br. The number of amides is 1. The number of rotatable bonds is 4. The Balaban J connectivity index is 1.63. The van der Waals surface area contributed by atoms with Crippen molar-refractivity contribution >= 4 is 27.8 Å². The lowest BCUT2D eigenvalue weighted by molar-refractivity contribution is 0.0240. The van der Waals surface area contributed by atoms with Crippen LogP contribution in [0.3, 0.4) is 0 Å². The quantitative estimate of drug-likeness (QED) is 0.670. The van der Waals surface area contributed by atoms with Crippen molar-refractivity contribution in [3.63, 3.8) is 0 Å². The zero-order valence-corrected chi connectivity index (χ0v) is 19.7. The van der Waals surface area contributed by atoms with E-state index in [1.54, 1.807) is 4.90 Å². The number of piperazine rings is 1. The molecule has 1 aromatic heterocycles. The molecular weight excluding hydrogens is 438 g/mol. The molecule has 0 aromatic carbocycles. The van der Waals surface area contributed by atoms with Crippen LogP contribution < -0.4 is 9.64 Å². The van der Waals surface area contributed by atoms with Crippen molar-refractivity contribution in [1.29, 1.82) is 0 Å². The van der Waals surface area contributed by atoms with E-state index >= 15 is 0 Å². The lowest BCUT2D eigenvalue weighted by Crippen LogP contribution is -2.50. The summed E-state index contributed by atoms with van der Waals surface area (Å²) in [6.45, 7) is 11.8. The van der Waals surface area contributed by atoms with Crippen LogP contribution in [0.5, 0.6) is 6.01 Å². The average Bonchev–Trinajstić information content (AvgIpc) is 3.06. The standard InChI is InChI=1S/C20H32BrN5O3/c1-14-16(21)17(23-18(22-14)28-13-15-7-6-8-24(15)5)25-9-11-26(12-10-25)19(27)29-20(2,3)4/h15H,6-13H2,1-5H3/t15-/m0/s1. The Morgan fingerprint density at radius 1 is 1.17 bits per heavy atom. The maximum absolute atomic E-state index is 12.3. The Morgan fingerprint density at radius 3 is 2.45 bits per heavy atom. The molecule has 2 aliphatic heterocycles. The molecule has 2 aliphatic rings. The number of nitrogens with zero attached hydrogens (tertiary/aromatic N) is 5. The highest BCUT2D eigenvalue weighted by molar-refractivity contribution is 9.10. The first-order valence-corrected chi connectivity index (χ1v) is 11.0. The second kappa shape index (κ2) is 9.04. The van der Waals surface area contributed by atoms with Gasteiger partial charge in [-0.3, -0.25) is 0 Å².